The third kappa shape index (κ3) is 4.03. The van der Waals surface area contributed by atoms with Crippen molar-refractivity contribution >= 4 is 17.5 Å². The van der Waals surface area contributed by atoms with E-state index in [1.165, 1.54) is 6.42 Å². The predicted octanol–water partition coefficient (Wildman–Crippen LogP) is 0.633. The monoisotopic (exact) mass is 280 g/mol. The zero-order chi connectivity index (χ0) is 14.4. The number of nitrogens with one attached hydrogen (secondary N) is 2. The molecule has 2 N–H and O–H groups in total. The minimum absolute atomic E-state index is 0.0212. The summed E-state index contributed by atoms with van der Waals surface area (Å²) in [5.41, 5.74) is 2.89. The van der Waals surface area contributed by atoms with E-state index in [4.69, 9.17) is 0 Å². The second-order valence-corrected chi connectivity index (χ2v) is 5.49. The van der Waals surface area contributed by atoms with Crippen LogP contribution in [-0.2, 0) is 9.59 Å². The number of hydrogen-bond donors (Lipinski definition) is 2. The second kappa shape index (κ2) is 7.38. The van der Waals surface area contributed by atoms with Crippen LogP contribution in [0.5, 0.6) is 0 Å². The van der Waals surface area contributed by atoms with Crippen molar-refractivity contribution in [3.05, 3.63) is 0 Å². The number of nitrogens with zero attached hydrogens (tertiary/aromatic N) is 2. The van der Waals surface area contributed by atoms with Gasteiger partial charge in [-0.25, -0.2) is 5.43 Å². The molecule has 1 fully saturated rings. The van der Waals surface area contributed by atoms with E-state index in [2.05, 4.69) is 22.8 Å². The van der Waals surface area contributed by atoms with Crippen molar-refractivity contribution in [1.82, 2.24) is 15.6 Å². The lowest BCUT2D eigenvalue weighted by Crippen LogP contribution is -2.46. The number of amides is 2. The minimum atomic E-state index is -0.112. The molecule has 2 aliphatic rings. The van der Waals surface area contributed by atoms with Crippen molar-refractivity contribution in [1.29, 1.82) is 0 Å². The summed E-state index contributed by atoms with van der Waals surface area (Å²) in [6, 6.07) is 0.398. The maximum atomic E-state index is 12.5. The molecule has 0 spiro atoms. The zero-order valence-corrected chi connectivity index (χ0v) is 12.2. The van der Waals surface area contributed by atoms with E-state index in [9.17, 15) is 9.59 Å². The van der Waals surface area contributed by atoms with Crippen LogP contribution >= 0.6 is 0 Å². The molecule has 2 heterocycles. The van der Waals surface area contributed by atoms with Crippen LogP contribution in [0.3, 0.4) is 0 Å². The highest BCUT2D eigenvalue weighted by Crippen LogP contribution is 2.10. The van der Waals surface area contributed by atoms with Gasteiger partial charge >= 0.3 is 0 Å². The molecule has 2 aliphatic heterocycles. The van der Waals surface area contributed by atoms with E-state index in [-0.39, 0.29) is 11.8 Å². The molecular weight excluding hydrogens is 256 g/mol. The lowest BCUT2D eigenvalue weighted by molar-refractivity contribution is -0.125. The molecular formula is C14H24N4O2. The van der Waals surface area contributed by atoms with E-state index < -0.39 is 0 Å². The lowest BCUT2D eigenvalue weighted by atomic mass is 10.1. The summed E-state index contributed by atoms with van der Waals surface area (Å²) < 4.78 is 0. The summed E-state index contributed by atoms with van der Waals surface area (Å²) in [7, 11) is 0. The highest BCUT2D eigenvalue weighted by Gasteiger charge is 2.26. The molecule has 1 saturated heterocycles. The van der Waals surface area contributed by atoms with Crippen LogP contribution in [0, 0.1) is 0 Å². The van der Waals surface area contributed by atoms with Gasteiger partial charge in [0.15, 0.2) is 0 Å². The molecule has 0 aromatic carbocycles. The third-order valence-electron chi connectivity index (χ3n) is 3.82. The summed E-state index contributed by atoms with van der Waals surface area (Å²) in [5, 5.41) is 7.34. The van der Waals surface area contributed by atoms with Crippen LogP contribution in [0.25, 0.3) is 0 Å². The fourth-order valence-corrected chi connectivity index (χ4v) is 2.61. The summed E-state index contributed by atoms with van der Waals surface area (Å²) in [6.45, 7) is 4.67. The number of hydrogen-bond acceptors (Lipinski definition) is 4. The highest BCUT2D eigenvalue weighted by atomic mass is 16.2. The van der Waals surface area contributed by atoms with Crippen molar-refractivity contribution in [2.24, 2.45) is 5.10 Å². The molecule has 0 radical (unpaired) electrons. The Bertz CT molecular complexity index is 389. The average molecular weight is 280 g/mol. The SMILES string of the molecule is CCCCN(CC1CCCN1)C(=O)C1=NNC(=O)CC1. The summed E-state index contributed by atoms with van der Waals surface area (Å²) in [4.78, 5) is 25.5. The Balaban J connectivity index is 1.96. The summed E-state index contributed by atoms with van der Waals surface area (Å²) in [6.07, 6.45) is 5.17. The normalized spacial score (nSPS) is 22.4. The quantitative estimate of drug-likeness (QED) is 0.749. The Labute approximate surface area is 120 Å². The molecule has 0 saturated carbocycles. The topological polar surface area (TPSA) is 73.8 Å². The van der Waals surface area contributed by atoms with Crippen molar-refractivity contribution < 1.29 is 9.59 Å². The molecule has 20 heavy (non-hydrogen) atoms. The van der Waals surface area contributed by atoms with Crippen LogP contribution in [0.1, 0.15) is 45.4 Å². The molecule has 0 aliphatic carbocycles. The van der Waals surface area contributed by atoms with Crippen LogP contribution in [0.2, 0.25) is 0 Å². The van der Waals surface area contributed by atoms with E-state index in [0.717, 1.165) is 38.9 Å². The molecule has 0 bridgehead atoms. The first-order chi connectivity index (χ1) is 9.70. The van der Waals surface area contributed by atoms with Crippen molar-refractivity contribution in [3.8, 4) is 0 Å². The van der Waals surface area contributed by atoms with E-state index in [1.54, 1.807) is 0 Å². The van der Waals surface area contributed by atoms with Crippen LogP contribution in [-0.4, -0.2) is 48.1 Å². The first-order valence-corrected chi connectivity index (χ1v) is 7.58. The first kappa shape index (κ1) is 15.0. The van der Waals surface area contributed by atoms with E-state index in [1.807, 2.05) is 4.90 Å². The van der Waals surface area contributed by atoms with E-state index >= 15 is 0 Å². The van der Waals surface area contributed by atoms with Crippen LogP contribution < -0.4 is 10.7 Å². The average Bonchev–Trinajstić information content (AvgIpc) is 2.96. The van der Waals surface area contributed by atoms with Gasteiger partial charge in [0, 0.05) is 32.0 Å². The van der Waals surface area contributed by atoms with Gasteiger partial charge in [-0.15, -0.1) is 0 Å². The molecule has 2 rings (SSSR count). The minimum Gasteiger partial charge on any atom is -0.336 e. The van der Waals surface area contributed by atoms with Gasteiger partial charge in [0.05, 0.1) is 0 Å². The third-order valence-corrected chi connectivity index (χ3v) is 3.82. The van der Waals surface area contributed by atoms with Gasteiger partial charge in [0.1, 0.15) is 5.71 Å². The summed E-state index contributed by atoms with van der Waals surface area (Å²) >= 11 is 0. The Morgan fingerprint density at radius 3 is 2.90 bits per heavy atom. The Morgan fingerprint density at radius 1 is 1.45 bits per heavy atom. The van der Waals surface area contributed by atoms with Gasteiger partial charge in [-0.2, -0.15) is 5.10 Å². The van der Waals surface area contributed by atoms with Gasteiger partial charge in [0.2, 0.25) is 5.91 Å². The van der Waals surface area contributed by atoms with Gasteiger partial charge in [0.25, 0.3) is 5.91 Å². The van der Waals surface area contributed by atoms with Crippen LogP contribution in [0.15, 0.2) is 5.10 Å². The molecule has 1 atom stereocenters. The first-order valence-electron chi connectivity index (χ1n) is 7.58. The summed E-state index contributed by atoms with van der Waals surface area (Å²) in [5.74, 6) is -0.133. The number of hydrazone groups is 1. The van der Waals surface area contributed by atoms with Crippen molar-refractivity contribution in [2.45, 2.75) is 51.5 Å². The largest absolute Gasteiger partial charge is 0.336 e. The zero-order valence-electron chi connectivity index (χ0n) is 12.2. The number of unbranched alkanes of at least 4 members (excludes halogenated alkanes) is 1. The molecule has 6 nitrogen and oxygen atoms in total. The Hall–Kier alpha value is -1.43. The van der Waals surface area contributed by atoms with Gasteiger partial charge in [-0.05, 0) is 25.8 Å². The Kier molecular flexibility index (Phi) is 5.52. The fourth-order valence-electron chi connectivity index (χ4n) is 2.61. The number of carbonyl (C=O) groups excluding carboxylic acids is 2. The van der Waals surface area contributed by atoms with Crippen LogP contribution in [0.4, 0.5) is 0 Å². The second-order valence-electron chi connectivity index (χ2n) is 5.49. The molecule has 0 aromatic heterocycles. The van der Waals surface area contributed by atoms with Crippen molar-refractivity contribution in [2.75, 3.05) is 19.6 Å². The molecule has 0 aromatic rings. The number of rotatable bonds is 6. The molecule has 112 valence electrons. The molecule has 6 heteroatoms. The van der Waals surface area contributed by atoms with Gasteiger partial charge < -0.3 is 10.2 Å². The lowest BCUT2D eigenvalue weighted by Gasteiger charge is -2.27. The highest BCUT2D eigenvalue weighted by molar-refractivity contribution is 6.39. The number of carbonyl (C=O) groups is 2. The van der Waals surface area contributed by atoms with Gasteiger partial charge in [-0.3, -0.25) is 9.59 Å². The van der Waals surface area contributed by atoms with Gasteiger partial charge in [-0.1, -0.05) is 13.3 Å². The molecule has 1 unspecified atom stereocenters. The van der Waals surface area contributed by atoms with Crippen molar-refractivity contribution in [3.63, 3.8) is 0 Å². The standard InChI is InChI=1S/C14H24N4O2/c1-2-3-9-18(10-11-5-4-8-15-11)14(20)12-6-7-13(19)17-16-12/h11,15H,2-10H2,1H3,(H,17,19). The van der Waals surface area contributed by atoms with E-state index in [0.29, 0.717) is 24.6 Å². The molecule has 2 amide bonds. The maximum absolute atomic E-state index is 12.5. The fraction of sp³-hybridized carbons (Fsp3) is 0.786. The smallest absolute Gasteiger partial charge is 0.270 e. The Morgan fingerprint density at radius 2 is 2.30 bits per heavy atom. The predicted molar refractivity (Wildman–Crippen MR) is 77.3 cm³/mol. The maximum Gasteiger partial charge on any atom is 0.270 e.